The second kappa shape index (κ2) is 4.99. The molecule has 20 heavy (non-hydrogen) atoms. The van der Waals surface area contributed by atoms with Crippen LogP contribution in [-0.2, 0) is 0 Å². The van der Waals surface area contributed by atoms with Crippen LogP contribution in [0.2, 0.25) is 0 Å². The first-order valence-electron chi connectivity index (χ1n) is 8.18. The molecule has 1 saturated heterocycles. The molecule has 108 valence electrons. The van der Waals surface area contributed by atoms with E-state index in [0.29, 0.717) is 17.9 Å². The number of hydrogen-bond acceptors (Lipinski definition) is 4. The van der Waals surface area contributed by atoms with Crippen molar-refractivity contribution in [3.8, 4) is 0 Å². The average Bonchev–Trinajstić information content (AvgIpc) is 3.22. The Morgan fingerprint density at radius 1 is 1.00 bits per heavy atom. The van der Waals surface area contributed by atoms with E-state index in [1.165, 1.54) is 43.5 Å². The predicted molar refractivity (Wildman–Crippen MR) is 80.0 cm³/mol. The first kappa shape index (κ1) is 12.6. The number of nitrogens with zero attached hydrogens (tertiary/aromatic N) is 3. The molecule has 0 radical (unpaired) electrons. The van der Waals surface area contributed by atoms with Crippen molar-refractivity contribution in [3.05, 3.63) is 17.7 Å². The molecule has 2 saturated carbocycles. The van der Waals surface area contributed by atoms with Gasteiger partial charge in [-0.05, 0) is 38.5 Å². The van der Waals surface area contributed by atoms with Gasteiger partial charge < -0.3 is 10.6 Å². The lowest BCUT2D eigenvalue weighted by Gasteiger charge is -2.35. The molecule has 4 heteroatoms. The molecular weight excluding hydrogens is 248 g/mol. The molecule has 1 aromatic rings. The van der Waals surface area contributed by atoms with Gasteiger partial charge in [-0.1, -0.05) is 6.42 Å². The summed E-state index contributed by atoms with van der Waals surface area (Å²) in [5, 5.41) is 0. The van der Waals surface area contributed by atoms with E-state index in [1.807, 2.05) is 0 Å². The second-order valence-electron chi connectivity index (χ2n) is 6.73. The van der Waals surface area contributed by atoms with Gasteiger partial charge in [0, 0.05) is 31.0 Å². The maximum atomic E-state index is 6.02. The third-order valence-electron chi connectivity index (χ3n) is 5.13. The van der Waals surface area contributed by atoms with E-state index in [9.17, 15) is 0 Å². The summed E-state index contributed by atoms with van der Waals surface area (Å²) >= 11 is 0. The Labute approximate surface area is 120 Å². The summed E-state index contributed by atoms with van der Waals surface area (Å²) in [7, 11) is 0. The number of piperidine rings is 1. The number of rotatable bonds is 3. The van der Waals surface area contributed by atoms with Crippen LogP contribution in [0.1, 0.15) is 68.3 Å². The van der Waals surface area contributed by atoms with Crippen LogP contribution < -0.4 is 10.6 Å². The lowest BCUT2D eigenvalue weighted by Crippen LogP contribution is -2.40. The minimum Gasteiger partial charge on any atom is -0.369 e. The highest BCUT2D eigenvalue weighted by Gasteiger charge is 2.31. The van der Waals surface area contributed by atoms with E-state index in [-0.39, 0.29) is 0 Å². The maximum Gasteiger partial charge on any atom is 0.131 e. The zero-order valence-corrected chi connectivity index (χ0v) is 12.1. The highest BCUT2D eigenvalue weighted by molar-refractivity contribution is 5.51. The molecule has 2 N–H and O–H groups in total. The SMILES string of the molecule is NC1CCN(c2cnc(C3CC3)nc2C2CCC2)CC1. The van der Waals surface area contributed by atoms with Gasteiger partial charge in [0.15, 0.2) is 0 Å². The van der Waals surface area contributed by atoms with E-state index in [0.717, 1.165) is 31.8 Å². The molecule has 3 aliphatic rings. The van der Waals surface area contributed by atoms with E-state index in [1.54, 1.807) is 0 Å². The van der Waals surface area contributed by atoms with Crippen molar-refractivity contribution in [1.82, 2.24) is 9.97 Å². The Balaban J connectivity index is 1.63. The molecule has 2 aliphatic carbocycles. The summed E-state index contributed by atoms with van der Waals surface area (Å²) in [4.78, 5) is 12.1. The molecule has 4 nitrogen and oxygen atoms in total. The van der Waals surface area contributed by atoms with Gasteiger partial charge in [0.1, 0.15) is 5.82 Å². The van der Waals surface area contributed by atoms with Crippen molar-refractivity contribution >= 4 is 5.69 Å². The highest BCUT2D eigenvalue weighted by Crippen LogP contribution is 2.43. The van der Waals surface area contributed by atoms with Crippen LogP contribution in [0.4, 0.5) is 5.69 Å². The minimum absolute atomic E-state index is 0.380. The summed E-state index contributed by atoms with van der Waals surface area (Å²) in [5.41, 5.74) is 8.66. The maximum absolute atomic E-state index is 6.02. The molecule has 4 rings (SSSR count). The summed E-state index contributed by atoms with van der Waals surface area (Å²) in [5.74, 6) is 2.43. The summed E-state index contributed by atoms with van der Waals surface area (Å²) < 4.78 is 0. The van der Waals surface area contributed by atoms with Crippen LogP contribution in [0.5, 0.6) is 0 Å². The fourth-order valence-electron chi connectivity index (χ4n) is 3.31. The molecular formula is C16H24N4. The van der Waals surface area contributed by atoms with Crippen LogP contribution >= 0.6 is 0 Å². The van der Waals surface area contributed by atoms with E-state index < -0.39 is 0 Å². The Kier molecular flexibility index (Phi) is 3.14. The average molecular weight is 272 g/mol. The monoisotopic (exact) mass is 272 g/mol. The van der Waals surface area contributed by atoms with Gasteiger partial charge in [0.25, 0.3) is 0 Å². The lowest BCUT2D eigenvalue weighted by atomic mass is 9.82. The zero-order chi connectivity index (χ0) is 13.5. The quantitative estimate of drug-likeness (QED) is 0.918. The number of anilines is 1. The fraction of sp³-hybridized carbons (Fsp3) is 0.750. The van der Waals surface area contributed by atoms with Crippen molar-refractivity contribution in [1.29, 1.82) is 0 Å². The summed E-state index contributed by atoms with van der Waals surface area (Å²) in [6, 6.07) is 0.380. The third-order valence-corrected chi connectivity index (χ3v) is 5.13. The number of nitrogens with two attached hydrogens (primary N) is 1. The highest BCUT2D eigenvalue weighted by atomic mass is 15.2. The van der Waals surface area contributed by atoms with Gasteiger partial charge >= 0.3 is 0 Å². The van der Waals surface area contributed by atoms with Crippen LogP contribution in [-0.4, -0.2) is 29.1 Å². The molecule has 0 atom stereocenters. The van der Waals surface area contributed by atoms with Gasteiger partial charge in [-0.3, -0.25) is 0 Å². The Hall–Kier alpha value is -1.16. The van der Waals surface area contributed by atoms with Crippen LogP contribution in [0.3, 0.4) is 0 Å². The normalized spacial score (nSPS) is 24.8. The van der Waals surface area contributed by atoms with E-state index in [2.05, 4.69) is 16.1 Å². The van der Waals surface area contributed by atoms with Crippen molar-refractivity contribution in [3.63, 3.8) is 0 Å². The van der Waals surface area contributed by atoms with Gasteiger partial charge in [0.2, 0.25) is 0 Å². The van der Waals surface area contributed by atoms with Crippen molar-refractivity contribution in [2.45, 2.75) is 62.8 Å². The molecule has 0 unspecified atom stereocenters. The molecule has 1 aliphatic heterocycles. The van der Waals surface area contributed by atoms with Crippen LogP contribution in [0.25, 0.3) is 0 Å². The molecule has 3 fully saturated rings. The topological polar surface area (TPSA) is 55.0 Å². The first-order chi connectivity index (χ1) is 9.81. The third kappa shape index (κ3) is 2.30. The molecule has 0 aromatic carbocycles. The predicted octanol–water partition coefficient (Wildman–Crippen LogP) is 2.55. The largest absolute Gasteiger partial charge is 0.369 e. The summed E-state index contributed by atoms with van der Waals surface area (Å²) in [6.07, 6.45) is 10.8. The number of hydrogen-bond donors (Lipinski definition) is 1. The first-order valence-corrected chi connectivity index (χ1v) is 8.18. The van der Waals surface area contributed by atoms with Gasteiger partial charge in [-0.25, -0.2) is 9.97 Å². The van der Waals surface area contributed by atoms with E-state index >= 15 is 0 Å². The van der Waals surface area contributed by atoms with Gasteiger partial charge in [-0.2, -0.15) is 0 Å². The van der Waals surface area contributed by atoms with Crippen molar-refractivity contribution in [2.24, 2.45) is 5.73 Å². The van der Waals surface area contributed by atoms with Crippen molar-refractivity contribution < 1.29 is 0 Å². The Bertz CT molecular complexity index is 485. The van der Waals surface area contributed by atoms with Crippen molar-refractivity contribution in [2.75, 3.05) is 18.0 Å². The lowest BCUT2D eigenvalue weighted by molar-refractivity contribution is 0.407. The molecule has 0 bridgehead atoms. The van der Waals surface area contributed by atoms with Crippen LogP contribution in [0, 0.1) is 0 Å². The second-order valence-corrected chi connectivity index (χ2v) is 6.73. The molecule has 2 heterocycles. The van der Waals surface area contributed by atoms with Crippen LogP contribution in [0.15, 0.2) is 6.20 Å². The van der Waals surface area contributed by atoms with Gasteiger partial charge in [0.05, 0.1) is 17.6 Å². The molecule has 0 spiro atoms. The Morgan fingerprint density at radius 3 is 2.35 bits per heavy atom. The summed E-state index contributed by atoms with van der Waals surface area (Å²) in [6.45, 7) is 2.13. The Morgan fingerprint density at radius 2 is 1.75 bits per heavy atom. The molecule has 0 amide bonds. The van der Waals surface area contributed by atoms with E-state index in [4.69, 9.17) is 10.7 Å². The zero-order valence-electron chi connectivity index (χ0n) is 12.1. The standard InChI is InChI=1S/C16H24N4/c17-13-6-8-20(9-7-13)14-10-18-16(12-4-5-12)19-15(14)11-2-1-3-11/h10-13H,1-9,17H2. The minimum atomic E-state index is 0.380. The fourth-order valence-corrected chi connectivity index (χ4v) is 3.31. The smallest absolute Gasteiger partial charge is 0.131 e. The molecule has 1 aromatic heterocycles. The van der Waals surface area contributed by atoms with Gasteiger partial charge in [-0.15, -0.1) is 0 Å². The number of aromatic nitrogens is 2.